The maximum absolute atomic E-state index is 12.1. The first-order valence-corrected chi connectivity index (χ1v) is 7.86. The monoisotopic (exact) mass is 363 g/mol. The van der Waals surface area contributed by atoms with Crippen molar-refractivity contribution in [2.75, 3.05) is 25.1 Å². The molecule has 0 fully saturated rings. The second-order valence-corrected chi connectivity index (χ2v) is 5.45. The Morgan fingerprint density at radius 3 is 2.59 bits per heavy atom. The van der Waals surface area contributed by atoms with Crippen molar-refractivity contribution in [1.29, 1.82) is 0 Å². The van der Waals surface area contributed by atoms with Crippen LogP contribution in [0.25, 0.3) is 0 Å². The van der Waals surface area contributed by atoms with E-state index < -0.39 is 0 Å². The molecule has 0 aliphatic carbocycles. The minimum absolute atomic E-state index is 0.147. The molecule has 0 saturated carbocycles. The van der Waals surface area contributed by atoms with E-state index in [-0.39, 0.29) is 5.91 Å². The van der Waals surface area contributed by atoms with Crippen molar-refractivity contribution in [3.05, 3.63) is 58.6 Å². The van der Waals surface area contributed by atoms with Gasteiger partial charge in [0.2, 0.25) is 0 Å². The average molecular weight is 364 g/mol. The summed E-state index contributed by atoms with van der Waals surface area (Å²) in [5.74, 6) is 0.603. The van der Waals surface area contributed by atoms with Gasteiger partial charge in [0.05, 0.1) is 6.61 Å². The summed E-state index contributed by atoms with van der Waals surface area (Å²) >= 11 is 3.35. The number of carbonyl (C=O) groups excluding carboxylic acids is 1. The highest BCUT2D eigenvalue weighted by atomic mass is 79.9. The quantitative estimate of drug-likeness (QED) is 0.752. The van der Waals surface area contributed by atoms with Gasteiger partial charge in [0, 0.05) is 22.3 Å². The zero-order valence-corrected chi connectivity index (χ0v) is 13.9. The maximum Gasteiger partial charge on any atom is 0.255 e. The Kier molecular flexibility index (Phi) is 6.43. The first-order chi connectivity index (χ1) is 10.7. The second kappa shape index (κ2) is 8.56. The van der Waals surface area contributed by atoms with Gasteiger partial charge < -0.3 is 14.8 Å². The molecule has 0 unspecified atom stereocenters. The van der Waals surface area contributed by atoms with Crippen LogP contribution in [-0.4, -0.2) is 25.7 Å². The molecule has 0 bridgehead atoms. The first kappa shape index (κ1) is 16.5. The smallest absolute Gasteiger partial charge is 0.255 e. The Labute approximate surface area is 138 Å². The number of halogens is 1. The Morgan fingerprint density at radius 1 is 1.14 bits per heavy atom. The molecule has 4 nitrogen and oxygen atoms in total. The summed E-state index contributed by atoms with van der Waals surface area (Å²) in [6.45, 7) is 3.71. The van der Waals surface area contributed by atoms with Crippen LogP contribution >= 0.6 is 15.9 Å². The lowest BCUT2D eigenvalue weighted by atomic mass is 10.2. The lowest BCUT2D eigenvalue weighted by Gasteiger charge is -2.08. The Morgan fingerprint density at radius 2 is 1.91 bits per heavy atom. The zero-order chi connectivity index (χ0) is 15.8. The van der Waals surface area contributed by atoms with Crippen molar-refractivity contribution < 1.29 is 14.3 Å². The van der Waals surface area contributed by atoms with Crippen molar-refractivity contribution >= 4 is 27.5 Å². The van der Waals surface area contributed by atoms with Gasteiger partial charge in [-0.05, 0) is 49.4 Å². The number of carbonyl (C=O) groups is 1. The molecule has 116 valence electrons. The number of hydrogen-bond acceptors (Lipinski definition) is 3. The third-order valence-corrected chi connectivity index (χ3v) is 3.39. The van der Waals surface area contributed by atoms with Crippen molar-refractivity contribution in [3.8, 4) is 5.75 Å². The van der Waals surface area contributed by atoms with Crippen molar-refractivity contribution in [1.82, 2.24) is 0 Å². The summed E-state index contributed by atoms with van der Waals surface area (Å²) in [7, 11) is 0. The van der Waals surface area contributed by atoms with Crippen LogP contribution < -0.4 is 10.1 Å². The summed E-state index contributed by atoms with van der Waals surface area (Å²) in [6, 6.07) is 14.5. The molecule has 0 aliphatic rings. The third-order valence-electron chi connectivity index (χ3n) is 2.90. The van der Waals surface area contributed by atoms with Crippen molar-refractivity contribution in [3.63, 3.8) is 0 Å². The molecule has 2 aromatic rings. The number of benzene rings is 2. The maximum atomic E-state index is 12.1. The predicted octanol–water partition coefficient (Wildman–Crippen LogP) is 4.12. The van der Waals surface area contributed by atoms with E-state index in [1.165, 1.54) is 0 Å². The average Bonchev–Trinajstić information content (AvgIpc) is 2.53. The van der Waals surface area contributed by atoms with Gasteiger partial charge in [-0.2, -0.15) is 0 Å². The minimum Gasteiger partial charge on any atom is -0.491 e. The number of anilines is 1. The fourth-order valence-electron chi connectivity index (χ4n) is 1.83. The first-order valence-electron chi connectivity index (χ1n) is 7.06. The molecule has 5 heteroatoms. The van der Waals surface area contributed by atoms with E-state index in [4.69, 9.17) is 9.47 Å². The molecule has 1 amide bonds. The lowest BCUT2D eigenvalue weighted by molar-refractivity contribution is 0.102. The molecule has 22 heavy (non-hydrogen) atoms. The SMILES string of the molecule is CCOCCOc1ccc(NC(=O)c2cccc(Br)c2)cc1. The summed E-state index contributed by atoms with van der Waals surface area (Å²) in [4.78, 5) is 12.1. The molecule has 0 aliphatic heterocycles. The molecule has 0 radical (unpaired) electrons. The van der Waals surface area contributed by atoms with E-state index >= 15 is 0 Å². The highest BCUT2D eigenvalue weighted by molar-refractivity contribution is 9.10. The van der Waals surface area contributed by atoms with Gasteiger partial charge in [0.25, 0.3) is 5.91 Å². The van der Waals surface area contributed by atoms with E-state index in [0.717, 1.165) is 15.9 Å². The van der Waals surface area contributed by atoms with Crippen LogP contribution in [0.3, 0.4) is 0 Å². The summed E-state index contributed by atoms with van der Waals surface area (Å²) in [6.07, 6.45) is 0. The van der Waals surface area contributed by atoms with Gasteiger partial charge in [-0.3, -0.25) is 4.79 Å². The largest absolute Gasteiger partial charge is 0.491 e. The topological polar surface area (TPSA) is 47.6 Å². The molecule has 0 saturated heterocycles. The molecule has 0 spiro atoms. The van der Waals surface area contributed by atoms with Crippen LogP contribution in [0.2, 0.25) is 0 Å². The summed E-state index contributed by atoms with van der Waals surface area (Å²) in [5.41, 5.74) is 1.33. The van der Waals surface area contributed by atoms with E-state index in [2.05, 4.69) is 21.2 Å². The van der Waals surface area contributed by atoms with Crippen molar-refractivity contribution in [2.45, 2.75) is 6.92 Å². The van der Waals surface area contributed by atoms with Gasteiger partial charge in [0.15, 0.2) is 0 Å². The van der Waals surface area contributed by atoms with Gasteiger partial charge in [-0.1, -0.05) is 22.0 Å². The van der Waals surface area contributed by atoms with Gasteiger partial charge in [-0.15, -0.1) is 0 Å². The number of rotatable bonds is 7. The van der Waals surface area contributed by atoms with Crippen LogP contribution in [0.1, 0.15) is 17.3 Å². The fraction of sp³-hybridized carbons (Fsp3) is 0.235. The van der Waals surface area contributed by atoms with E-state index in [0.29, 0.717) is 25.4 Å². The Hall–Kier alpha value is -1.85. The Balaban J connectivity index is 1.89. The molecule has 1 N–H and O–H groups in total. The Bertz CT molecular complexity index is 614. The van der Waals surface area contributed by atoms with Crippen LogP contribution in [0, 0.1) is 0 Å². The summed E-state index contributed by atoms with van der Waals surface area (Å²) < 4.78 is 11.6. The minimum atomic E-state index is -0.147. The third kappa shape index (κ3) is 5.16. The molecule has 0 aromatic heterocycles. The van der Waals surface area contributed by atoms with E-state index in [9.17, 15) is 4.79 Å². The number of amides is 1. The normalized spacial score (nSPS) is 10.3. The van der Waals surface area contributed by atoms with E-state index in [1.54, 1.807) is 12.1 Å². The summed E-state index contributed by atoms with van der Waals surface area (Å²) in [5, 5.41) is 2.85. The van der Waals surface area contributed by atoms with Gasteiger partial charge >= 0.3 is 0 Å². The fourth-order valence-corrected chi connectivity index (χ4v) is 2.23. The molecular formula is C17H18BrNO3. The molecule has 2 aromatic carbocycles. The number of nitrogens with one attached hydrogen (secondary N) is 1. The van der Waals surface area contributed by atoms with Gasteiger partial charge in [-0.25, -0.2) is 0 Å². The van der Waals surface area contributed by atoms with Crippen LogP contribution in [0.4, 0.5) is 5.69 Å². The van der Waals surface area contributed by atoms with Crippen LogP contribution in [-0.2, 0) is 4.74 Å². The van der Waals surface area contributed by atoms with Crippen LogP contribution in [0.15, 0.2) is 53.0 Å². The standard InChI is InChI=1S/C17H18BrNO3/c1-2-21-10-11-22-16-8-6-15(7-9-16)19-17(20)13-4-3-5-14(18)12-13/h3-9,12H,2,10-11H2,1H3,(H,19,20). The number of ether oxygens (including phenoxy) is 2. The number of hydrogen-bond donors (Lipinski definition) is 1. The zero-order valence-electron chi connectivity index (χ0n) is 12.3. The molecule has 2 rings (SSSR count). The predicted molar refractivity (Wildman–Crippen MR) is 90.5 cm³/mol. The van der Waals surface area contributed by atoms with Gasteiger partial charge in [0.1, 0.15) is 12.4 Å². The highest BCUT2D eigenvalue weighted by Gasteiger charge is 2.06. The second-order valence-electron chi connectivity index (χ2n) is 4.53. The molecule has 0 atom stereocenters. The van der Waals surface area contributed by atoms with Crippen molar-refractivity contribution in [2.24, 2.45) is 0 Å². The molecule has 0 heterocycles. The lowest BCUT2D eigenvalue weighted by Crippen LogP contribution is -2.11. The molecular weight excluding hydrogens is 346 g/mol. The van der Waals surface area contributed by atoms with E-state index in [1.807, 2.05) is 43.3 Å². The van der Waals surface area contributed by atoms with Crippen LogP contribution in [0.5, 0.6) is 5.75 Å². The highest BCUT2D eigenvalue weighted by Crippen LogP contribution is 2.17.